The van der Waals surface area contributed by atoms with Gasteiger partial charge in [0.05, 0.1) is 13.2 Å². The van der Waals surface area contributed by atoms with Crippen LogP contribution in [0.15, 0.2) is 0 Å². The molecule has 0 aliphatic heterocycles. The van der Waals surface area contributed by atoms with Crippen molar-refractivity contribution in [2.24, 2.45) is 5.92 Å². The summed E-state index contributed by atoms with van der Waals surface area (Å²) in [6, 6.07) is -0.703. The van der Waals surface area contributed by atoms with Gasteiger partial charge in [0.15, 0.2) is 0 Å². The molecule has 0 aromatic heterocycles. The Morgan fingerprint density at radius 3 is 1.89 bits per heavy atom. The summed E-state index contributed by atoms with van der Waals surface area (Å²) in [4.78, 5) is 25.5. The lowest BCUT2D eigenvalue weighted by molar-refractivity contribution is -0.150. The Morgan fingerprint density at radius 1 is 1.00 bits per heavy atom. The molecule has 5 heteroatoms. The molecule has 0 saturated carbocycles. The minimum Gasteiger partial charge on any atom is -0.464 e. The minimum atomic E-state index is -0.584. The molecule has 0 aromatic carbocycles. The van der Waals surface area contributed by atoms with Crippen molar-refractivity contribution in [1.29, 1.82) is 0 Å². The average Bonchev–Trinajstić information content (AvgIpc) is 2.27. The van der Waals surface area contributed by atoms with Crippen LogP contribution in [0.25, 0.3) is 0 Å². The summed E-state index contributed by atoms with van der Waals surface area (Å²) >= 11 is 0. The van der Waals surface area contributed by atoms with Gasteiger partial charge in [-0.15, -0.1) is 0 Å². The maximum absolute atomic E-state index is 12.1. The summed E-state index contributed by atoms with van der Waals surface area (Å²) in [6.07, 6.45) is 0.103. The first-order valence-electron chi connectivity index (χ1n) is 6.96. The van der Waals surface area contributed by atoms with Crippen LogP contribution in [0.4, 0.5) is 4.79 Å². The van der Waals surface area contributed by atoms with Crippen molar-refractivity contribution in [3.05, 3.63) is 0 Å². The lowest BCUT2D eigenvalue weighted by Gasteiger charge is -2.33. The Hall–Kier alpha value is -1.26. The first-order chi connectivity index (χ1) is 8.84. The number of hydrogen-bond donors (Lipinski definition) is 0. The lowest BCUT2D eigenvalue weighted by Crippen LogP contribution is -2.50. The van der Waals surface area contributed by atoms with E-state index in [0.717, 1.165) is 0 Å². The quantitative estimate of drug-likeness (QED) is 0.669. The van der Waals surface area contributed by atoms with E-state index in [1.165, 1.54) is 4.90 Å². The third kappa shape index (κ3) is 5.94. The first-order valence-corrected chi connectivity index (χ1v) is 6.96. The molecule has 0 heterocycles. The zero-order chi connectivity index (χ0) is 15.0. The minimum absolute atomic E-state index is 0.118. The summed E-state index contributed by atoms with van der Waals surface area (Å²) in [5, 5.41) is 0. The topological polar surface area (TPSA) is 55.8 Å². The highest BCUT2D eigenvalue weighted by Crippen LogP contribution is 2.17. The molecule has 0 spiro atoms. The van der Waals surface area contributed by atoms with Crippen LogP contribution in [0.5, 0.6) is 0 Å². The zero-order valence-electron chi connectivity index (χ0n) is 12.9. The molecule has 0 fully saturated rings. The number of nitrogens with zero attached hydrogens (tertiary/aromatic N) is 1. The van der Waals surface area contributed by atoms with Gasteiger partial charge in [-0.05, 0) is 40.0 Å². The number of amides is 1. The van der Waals surface area contributed by atoms with Crippen molar-refractivity contribution in [3.8, 4) is 0 Å². The molecule has 0 aliphatic rings. The predicted octanol–water partition coefficient (Wildman–Crippen LogP) is 2.83. The smallest absolute Gasteiger partial charge is 0.410 e. The van der Waals surface area contributed by atoms with Crippen LogP contribution in [0.2, 0.25) is 0 Å². The monoisotopic (exact) mass is 273 g/mol. The Kier molecular flexibility index (Phi) is 8.19. The molecule has 1 atom stereocenters. The molecule has 0 rings (SSSR count). The fourth-order valence-corrected chi connectivity index (χ4v) is 1.90. The fourth-order valence-electron chi connectivity index (χ4n) is 1.90. The van der Waals surface area contributed by atoms with Gasteiger partial charge >= 0.3 is 12.1 Å². The van der Waals surface area contributed by atoms with Crippen LogP contribution in [0.3, 0.4) is 0 Å². The number of carbonyl (C=O) groups is 2. The van der Waals surface area contributed by atoms with Crippen molar-refractivity contribution in [2.45, 2.75) is 60.0 Å². The third-order valence-corrected chi connectivity index (χ3v) is 2.62. The van der Waals surface area contributed by atoms with E-state index >= 15 is 0 Å². The molecular weight excluding hydrogens is 246 g/mol. The zero-order valence-corrected chi connectivity index (χ0v) is 12.9. The van der Waals surface area contributed by atoms with Gasteiger partial charge in [0, 0.05) is 6.04 Å². The molecule has 0 radical (unpaired) electrons. The standard InChI is InChI=1S/C14H27NO4/c1-7-18-13(16)12(9-10(3)4)15(11(5)6)14(17)19-8-2/h10-12H,7-9H2,1-6H3/t12-/m0/s1. The number of hydrogen-bond acceptors (Lipinski definition) is 4. The largest absolute Gasteiger partial charge is 0.464 e. The van der Waals surface area contributed by atoms with E-state index in [-0.39, 0.29) is 17.9 Å². The van der Waals surface area contributed by atoms with Gasteiger partial charge in [0.1, 0.15) is 6.04 Å². The Labute approximate surface area is 116 Å². The second kappa shape index (κ2) is 8.77. The maximum atomic E-state index is 12.1. The lowest BCUT2D eigenvalue weighted by atomic mass is 10.0. The second-order valence-corrected chi connectivity index (χ2v) is 5.10. The van der Waals surface area contributed by atoms with Crippen LogP contribution in [-0.2, 0) is 14.3 Å². The molecule has 0 N–H and O–H groups in total. The van der Waals surface area contributed by atoms with E-state index in [4.69, 9.17) is 9.47 Å². The van der Waals surface area contributed by atoms with Crippen LogP contribution >= 0.6 is 0 Å². The van der Waals surface area contributed by atoms with Crippen molar-refractivity contribution in [1.82, 2.24) is 4.90 Å². The van der Waals surface area contributed by atoms with E-state index in [1.54, 1.807) is 13.8 Å². The van der Waals surface area contributed by atoms with Gasteiger partial charge in [0.25, 0.3) is 0 Å². The Morgan fingerprint density at radius 2 is 1.53 bits per heavy atom. The van der Waals surface area contributed by atoms with Crippen LogP contribution in [-0.4, -0.2) is 42.3 Å². The van der Waals surface area contributed by atoms with Gasteiger partial charge in [-0.1, -0.05) is 13.8 Å². The van der Waals surface area contributed by atoms with E-state index in [9.17, 15) is 9.59 Å². The third-order valence-electron chi connectivity index (χ3n) is 2.62. The van der Waals surface area contributed by atoms with Crippen molar-refractivity contribution in [2.75, 3.05) is 13.2 Å². The SMILES string of the molecule is CCOC(=O)[C@H](CC(C)C)N(C(=O)OCC)C(C)C. The number of rotatable bonds is 7. The summed E-state index contributed by atoms with van der Waals surface area (Å²) in [5.74, 6) is -0.0805. The van der Waals surface area contributed by atoms with Crippen molar-refractivity contribution < 1.29 is 19.1 Å². The van der Waals surface area contributed by atoms with Crippen molar-refractivity contribution in [3.63, 3.8) is 0 Å². The molecule has 0 aromatic rings. The van der Waals surface area contributed by atoms with Crippen LogP contribution < -0.4 is 0 Å². The molecule has 112 valence electrons. The first kappa shape index (κ1) is 17.7. The molecule has 19 heavy (non-hydrogen) atoms. The second-order valence-electron chi connectivity index (χ2n) is 5.10. The highest BCUT2D eigenvalue weighted by atomic mass is 16.6. The normalized spacial score (nSPS) is 12.4. The van der Waals surface area contributed by atoms with Gasteiger partial charge < -0.3 is 9.47 Å². The summed E-state index contributed by atoms with van der Waals surface area (Å²) in [7, 11) is 0. The summed E-state index contributed by atoms with van der Waals surface area (Å²) in [6.45, 7) is 11.9. The van der Waals surface area contributed by atoms with Gasteiger partial charge in [-0.2, -0.15) is 0 Å². The Bertz CT molecular complexity index is 289. The molecule has 0 unspecified atom stereocenters. The van der Waals surface area contributed by atoms with E-state index in [2.05, 4.69) is 0 Å². The fraction of sp³-hybridized carbons (Fsp3) is 0.857. The van der Waals surface area contributed by atoms with E-state index in [0.29, 0.717) is 19.6 Å². The average molecular weight is 273 g/mol. The molecule has 0 saturated heterocycles. The van der Waals surface area contributed by atoms with E-state index in [1.807, 2.05) is 27.7 Å². The van der Waals surface area contributed by atoms with E-state index < -0.39 is 12.1 Å². The van der Waals surface area contributed by atoms with Crippen LogP contribution in [0, 0.1) is 5.92 Å². The van der Waals surface area contributed by atoms with Gasteiger partial charge in [0.2, 0.25) is 0 Å². The van der Waals surface area contributed by atoms with Gasteiger partial charge in [-0.25, -0.2) is 9.59 Å². The molecule has 0 aliphatic carbocycles. The number of carbonyl (C=O) groups excluding carboxylic acids is 2. The Balaban J connectivity index is 5.12. The number of esters is 1. The molecule has 5 nitrogen and oxygen atoms in total. The van der Waals surface area contributed by atoms with Crippen LogP contribution in [0.1, 0.15) is 48.0 Å². The highest BCUT2D eigenvalue weighted by Gasteiger charge is 2.34. The van der Waals surface area contributed by atoms with Crippen molar-refractivity contribution >= 4 is 12.1 Å². The molecular formula is C14H27NO4. The highest BCUT2D eigenvalue weighted by molar-refractivity contribution is 5.81. The summed E-state index contributed by atoms with van der Waals surface area (Å²) < 4.78 is 10.1. The maximum Gasteiger partial charge on any atom is 0.410 e. The number of ether oxygens (including phenoxy) is 2. The van der Waals surface area contributed by atoms with Gasteiger partial charge in [-0.3, -0.25) is 4.90 Å². The molecule has 1 amide bonds. The summed E-state index contributed by atoms with van der Waals surface area (Å²) in [5.41, 5.74) is 0. The predicted molar refractivity (Wildman–Crippen MR) is 73.9 cm³/mol. The molecule has 0 bridgehead atoms.